The molecule has 0 saturated carbocycles. The van der Waals surface area contributed by atoms with Crippen LogP contribution in [0.3, 0.4) is 0 Å². The molecule has 2 aromatic rings. The highest BCUT2D eigenvalue weighted by Crippen LogP contribution is 2.34. The minimum absolute atomic E-state index is 0.580. The second-order valence-corrected chi connectivity index (χ2v) is 6.50. The van der Waals surface area contributed by atoms with Crippen LogP contribution in [0.2, 0.25) is 0 Å². The molecule has 1 atom stereocenters. The normalized spacial score (nSPS) is 21.7. The Hall–Kier alpha value is -2.29. The summed E-state index contributed by atoms with van der Waals surface area (Å²) in [5.74, 6) is 1.75. The molecule has 2 bridgehead atoms. The Kier molecular flexibility index (Phi) is 4.01. The second-order valence-electron chi connectivity index (χ2n) is 6.50. The summed E-state index contributed by atoms with van der Waals surface area (Å²) >= 11 is 0. The van der Waals surface area contributed by atoms with E-state index in [2.05, 4.69) is 34.2 Å². The smallest absolute Gasteiger partial charge is 0.138 e. The van der Waals surface area contributed by atoms with Crippen molar-refractivity contribution in [2.75, 3.05) is 13.1 Å². The summed E-state index contributed by atoms with van der Waals surface area (Å²) in [5, 5.41) is 0. The van der Waals surface area contributed by atoms with Crippen molar-refractivity contribution in [2.24, 2.45) is 5.92 Å². The van der Waals surface area contributed by atoms with E-state index in [-0.39, 0.29) is 0 Å². The summed E-state index contributed by atoms with van der Waals surface area (Å²) < 4.78 is 5.88. The van der Waals surface area contributed by atoms with Crippen LogP contribution in [-0.2, 0) is 6.61 Å². The summed E-state index contributed by atoms with van der Waals surface area (Å²) in [6.07, 6.45) is 9.88. The summed E-state index contributed by atoms with van der Waals surface area (Å²) in [6, 6.07) is 12.3. The van der Waals surface area contributed by atoms with Gasteiger partial charge in [-0.2, -0.15) is 0 Å². The highest BCUT2D eigenvalue weighted by atomic mass is 16.5. The minimum atomic E-state index is 0.580. The largest absolute Gasteiger partial charge is 0.487 e. The van der Waals surface area contributed by atoms with Gasteiger partial charge in [-0.3, -0.25) is 4.98 Å². The standard InChI is InChI=1S/C20H22N2O/c1-2-4-17(5-3-1)15-23-20-11-18(12-21-13-20)10-19-7-6-16-8-9-22(19)14-16/h1-5,10-13,16H,6-9,14-15H2/b19-10+. The SMILES string of the molecule is C(=C1/CCC2CCN1C2)/c1cncc(OCc2ccccc2)c1. The molecule has 3 nitrogen and oxygen atoms in total. The van der Waals surface area contributed by atoms with E-state index in [1.165, 1.54) is 43.6 Å². The first kappa shape index (κ1) is 14.3. The lowest BCUT2D eigenvalue weighted by Gasteiger charge is -2.27. The van der Waals surface area contributed by atoms with E-state index < -0.39 is 0 Å². The summed E-state index contributed by atoms with van der Waals surface area (Å²) in [5.41, 5.74) is 3.77. The maximum atomic E-state index is 5.88. The van der Waals surface area contributed by atoms with Gasteiger partial charge in [-0.05, 0) is 48.4 Å². The number of nitrogens with zero attached hydrogens (tertiary/aromatic N) is 2. The molecule has 0 N–H and O–H groups in total. The molecule has 4 rings (SSSR count). The van der Waals surface area contributed by atoms with Crippen LogP contribution in [0.5, 0.6) is 5.75 Å². The Balaban J connectivity index is 1.46. The van der Waals surface area contributed by atoms with Crippen molar-refractivity contribution in [2.45, 2.75) is 25.9 Å². The number of allylic oxidation sites excluding steroid dienone is 1. The Morgan fingerprint density at radius 2 is 2.09 bits per heavy atom. The zero-order valence-corrected chi connectivity index (χ0v) is 13.3. The average Bonchev–Trinajstić information content (AvgIpc) is 2.99. The molecule has 2 aliphatic heterocycles. The van der Waals surface area contributed by atoms with Crippen LogP contribution in [-0.4, -0.2) is 23.0 Å². The highest BCUT2D eigenvalue weighted by Gasteiger charge is 2.28. The Labute approximate surface area is 137 Å². The van der Waals surface area contributed by atoms with Crippen LogP contribution in [0.4, 0.5) is 0 Å². The predicted molar refractivity (Wildman–Crippen MR) is 91.9 cm³/mol. The van der Waals surface area contributed by atoms with Gasteiger partial charge in [0.1, 0.15) is 12.4 Å². The quantitative estimate of drug-likeness (QED) is 0.849. The number of aromatic nitrogens is 1. The van der Waals surface area contributed by atoms with Gasteiger partial charge in [-0.15, -0.1) is 0 Å². The number of piperidine rings is 1. The fourth-order valence-electron chi connectivity index (χ4n) is 3.53. The molecule has 0 aliphatic carbocycles. The number of ether oxygens (including phenoxy) is 1. The summed E-state index contributed by atoms with van der Waals surface area (Å²) in [7, 11) is 0. The minimum Gasteiger partial charge on any atom is -0.487 e. The molecule has 118 valence electrons. The molecule has 1 aromatic carbocycles. The third kappa shape index (κ3) is 3.39. The first-order chi connectivity index (χ1) is 11.4. The van der Waals surface area contributed by atoms with Crippen molar-refractivity contribution in [3.8, 4) is 5.75 Å². The number of pyridine rings is 1. The highest BCUT2D eigenvalue weighted by molar-refractivity contribution is 5.53. The van der Waals surface area contributed by atoms with Crippen LogP contribution in [0.15, 0.2) is 54.5 Å². The summed E-state index contributed by atoms with van der Waals surface area (Å²) in [6.45, 7) is 3.04. The maximum absolute atomic E-state index is 5.88. The number of hydrogen-bond acceptors (Lipinski definition) is 3. The van der Waals surface area contributed by atoms with Crippen LogP contribution in [0, 0.1) is 5.92 Å². The molecule has 0 spiro atoms. The van der Waals surface area contributed by atoms with Gasteiger partial charge >= 0.3 is 0 Å². The van der Waals surface area contributed by atoms with Crippen molar-refractivity contribution in [3.63, 3.8) is 0 Å². The first-order valence-corrected chi connectivity index (χ1v) is 8.44. The lowest BCUT2D eigenvalue weighted by Crippen LogP contribution is -2.24. The van der Waals surface area contributed by atoms with Gasteiger partial charge in [0, 0.05) is 25.0 Å². The van der Waals surface area contributed by atoms with Gasteiger partial charge in [0.25, 0.3) is 0 Å². The van der Waals surface area contributed by atoms with Crippen molar-refractivity contribution >= 4 is 6.08 Å². The second kappa shape index (κ2) is 6.45. The number of fused-ring (bicyclic) bond motifs is 2. The Bertz CT molecular complexity index is 696. The van der Waals surface area contributed by atoms with Crippen LogP contribution in [0.25, 0.3) is 6.08 Å². The predicted octanol–water partition coefficient (Wildman–Crippen LogP) is 4.12. The van der Waals surface area contributed by atoms with Crippen LogP contribution >= 0.6 is 0 Å². The molecule has 3 heteroatoms. The van der Waals surface area contributed by atoms with Gasteiger partial charge in [0.2, 0.25) is 0 Å². The first-order valence-electron chi connectivity index (χ1n) is 8.44. The topological polar surface area (TPSA) is 25.4 Å². The van der Waals surface area contributed by atoms with Crippen molar-refractivity contribution < 1.29 is 4.74 Å². The van der Waals surface area contributed by atoms with Crippen LogP contribution < -0.4 is 4.74 Å². The van der Waals surface area contributed by atoms with Crippen molar-refractivity contribution in [1.29, 1.82) is 0 Å². The van der Waals surface area contributed by atoms with E-state index in [1.807, 2.05) is 24.4 Å². The lowest BCUT2D eigenvalue weighted by molar-refractivity contribution is 0.305. The van der Waals surface area contributed by atoms with Gasteiger partial charge < -0.3 is 9.64 Å². The third-order valence-corrected chi connectivity index (χ3v) is 4.82. The maximum Gasteiger partial charge on any atom is 0.138 e. The number of hydrogen-bond donors (Lipinski definition) is 0. The average molecular weight is 306 g/mol. The van der Waals surface area contributed by atoms with Crippen LogP contribution in [0.1, 0.15) is 30.4 Å². The molecule has 1 unspecified atom stereocenters. The lowest BCUT2D eigenvalue weighted by atomic mass is 9.98. The molecule has 23 heavy (non-hydrogen) atoms. The zero-order valence-electron chi connectivity index (χ0n) is 13.3. The van der Waals surface area contributed by atoms with Gasteiger partial charge in [-0.1, -0.05) is 30.3 Å². The molecular weight excluding hydrogens is 284 g/mol. The van der Waals surface area contributed by atoms with Gasteiger partial charge in [0.05, 0.1) is 6.20 Å². The third-order valence-electron chi connectivity index (χ3n) is 4.82. The summed E-state index contributed by atoms with van der Waals surface area (Å²) in [4.78, 5) is 6.87. The monoisotopic (exact) mass is 306 g/mol. The Morgan fingerprint density at radius 3 is 3.00 bits per heavy atom. The molecule has 0 radical (unpaired) electrons. The van der Waals surface area contributed by atoms with Crippen molar-refractivity contribution in [3.05, 3.63) is 65.6 Å². The number of benzene rings is 1. The molecule has 0 amide bonds. The number of rotatable bonds is 4. The van der Waals surface area contributed by atoms with E-state index in [0.717, 1.165) is 17.2 Å². The van der Waals surface area contributed by atoms with Gasteiger partial charge in [0.15, 0.2) is 0 Å². The van der Waals surface area contributed by atoms with E-state index >= 15 is 0 Å². The molecule has 1 aromatic heterocycles. The van der Waals surface area contributed by atoms with E-state index in [1.54, 1.807) is 6.20 Å². The zero-order chi connectivity index (χ0) is 15.5. The fraction of sp³-hybridized carbons (Fsp3) is 0.350. The van der Waals surface area contributed by atoms with Crippen molar-refractivity contribution in [1.82, 2.24) is 9.88 Å². The molecule has 2 fully saturated rings. The Morgan fingerprint density at radius 1 is 1.17 bits per heavy atom. The fourth-order valence-corrected chi connectivity index (χ4v) is 3.53. The molecular formula is C20H22N2O. The molecule has 2 aliphatic rings. The van der Waals surface area contributed by atoms with E-state index in [0.29, 0.717) is 6.61 Å². The molecule has 2 saturated heterocycles. The van der Waals surface area contributed by atoms with E-state index in [9.17, 15) is 0 Å². The van der Waals surface area contributed by atoms with Gasteiger partial charge in [-0.25, -0.2) is 0 Å². The van der Waals surface area contributed by atoms with E-state index in [4.69, 9.17) is 4.74 Å². The molecule has 3 heterocycles.